The lowest BCUT2D eigenvalue weighted by Crippen LogP contribution is -2.05. The van der Waals surface area contributed by atoms with E-state index in [1.165, 1.54) is 23.8 Å². The molecule has 0 aliphatic carbocycles. The fourth-order valence-electron chi connectivity index (χ4n) is 2.06. The maximum atomic E-state index is 11.0. The highest BCUT2D eigenvalue weighted by Gasteiger charge is 2.19. The molecule has 5 nitrogen and oxygen atoms in total. The number of nitrogens with zero attached hydrogens (tertiary/aromatic N) is 2. The van der Waals surface area contributed by atoms with Gasteiger partial charge in [0.25, 0.3) is 0 Å². The molecule has 0 fully saturated rings. The van der Waals surface area contributed by atoms with Crippen molar-refractivity contribution < 1.29 is 13.9 Å². The lowest BCUT2D eigenvalue weighted by atomic mass is 10.2. The van der Waals surface area contributed by atoms with Gasteiger partial charge >= 0.3 is 5.97 Å². The predicted octanol–water partition coefficient (Wildman–Crippen LogP) is 3.99. The largest absolute Gasteiger partial charge is 0.453 e. The summed E-state index contributed by atoms with van der Waals surface area (Å²) in [6, 6.07) is 11.3. The van der Waals surface area contributed by atoms with Crippen LogP contribution in [0.3, 0.4) is 0 Å². The van der Waals surface area contributed by atoms with Crippen molar-refractivity contribution in [2.75, 3.05) is 0 Å². The molecule has 0 aliphatic rings. The number of rotatable bonds is 3. The van der Waals surface area contributed by atoms with Gasteiger partial charge in [-0.25, -0.2) is 4.98 Å². The average molecular weight is 312 g/mol. The third-order valence-electron chi connectivity index (χ3n) is 3.04. The molecule has 0 saturated heterocycles. The number of ether oxygens (including phenoxy) is 1. The normalized spacial score (nSPS) is 12.0. The number of nitriles is 1. The second-order valence-corrected chi connectivity index (χ2v) is 5.84. The molecule has 1 atom stereocenters. The summed E-state index contributed by atoms with van der Waals surface area (Å²) in [6.07, 6.45) is -1.04. The Hall–Kier alpha value is -2.65. The van der Waals surface area contributed by atoms with Crippen LogP contribution in [-0.4, -0.2) is 11.0 Å². The Bertz CT molecular complexity index is 888. The standard InChI is InChI=1S/C16H12N2O3S/c1-9-3-4-11-15(7-9)22-16(18-11)13-6-5-12(21-13)14(8-17)20-10(2)19/h3-7,14H,1-2H3/t14-/m1/s1. The van der Waals surface area contributed by atoms with E-state index in [0.717, 1.165) is 15.2 Å². The van der Waals surface area contributed by atoms with Crippen LogP contribution in [0.25, 0.3) is 21.0 Å². The second kappa shape index (κ2) is 5.62. The van der Waals surface area contributed by atoms with Gasteiger partial charge in [0, 0.05) is 6.92 Å². The molecule has 22 heavy (non-hydrogen) atoms. The first-order chi connectivity index (χ1) is 10.6. The summed E-state index contributed by atoms with van der Waals surface area (Å²) >= 11 is 1.52. The topological polar surface area (TPSA) is 76.1 Å². The third-order valence-corrected chi connectivity index (χ3v) is 4.07. The van der Waals surface area contributed by atoms with Crippen molar-refractivity contribution in [3.8, 4) is 16.8 Å². The first-order valence-electron chi connectivity index (χ1n) is 6.61. The molecule has 3 aromatic rings. The first kappa shape index (κ1) is 14.3. The Balaban J connectivity index is 1.95. The molecule has 0 radical (unpaired) electrons. The highest BCUT2D eigenvalue weighted by molar-refractivity contribution is 7.21. The Morgan fingerprint density at radius 2 is 2.23 bits per heavy atom. The van der Waals surface area contributed by atoms with Gasteiger partial charge in [0.2, 0.25) is 6.10 Å². The van der Waals surface area contributed by atoms with Crippen LogP contribution in [-0.2, 0) is 9.53 Å². The first-order valence-corrected chi connectivity index (χ1v) is 7.42. The molecule has 0 spiro atoms. The molecule has 2 heterocycles. The van der Waals surface area contributed by atoms with Crippen molar-refractivity contribution in [1.82, 2.24) is 4.98 Å². The summed E-state index contributed by atoms with van der Waals surface area (Å²) in [5.41, 5.74) is 2.07. The highest BCUT2D eigenvalue weighted by Crippen LogP contribution is 2.33. The summed E-state index contributed by atoms with van der Waals surface area (Å²) < 4.78 is 11.6. The smallest absolute Gasteiger partial charge is 0.304 e. The fraction of sp³-hybridized carbons (Fsp3) is 0.188. The van der Waals surface area contributed by atoms with Crippen LogP contribution in [0, 0.1) is 18.3 Å². The molecular formula is C16H12N2O3S. The van der Waals surface area contributed by atoms with E-state index < -0.39 is 12.1 Å². The molecular weight excluding hydrogens is 300 g/mol. The maximum Gasteiger partial charge on any atom is 0.304 e. The number of hydrogen-bond donors (Lipinski definition) is 0. The minimum Gasteiger partial charge on any atom is -0.453 e. The van der Waals surface area contributed by atoms with Crippen molar-refractivity contribution in [1.29, 1.82) is 5.26 Å². The summed E-state index contributed by atoms with van der Waals surface area (Å²) in [4.78, 5) is 15.5. The van der Waals surface area contributed by atoms with Crippen LogP contribution in [0.5, 0.6) is 0 Å². The highest BCUT2D eigenvalue weighted by atomic mass is 32.1. The molecule has 6 heteroatoms. The predicted molar refractivity (Wildman–Crippen MR) is 82.2 cm³/mol. The van der Waals surface area contributed by atoms with Crippen molar-refractivity contribution >= 4 is 27.5 Å². The summed E-state index contributed by atoms with van der Waals surface area (Å²) in [7, 11) is 0. The van der Waals surface area contributed by atoms with Crippen LogP contribution in [0.1, 0.15) is 24.4 Å². The van der Waals surface area contributed by atoms with Crippen LogP contribution < -0.4 is 0 Å². The van der Waals surface area contributed by atoms with Gasteiger partial charge in [-0.05, 0) is 36.8 Å². The van der Waals surface area contributed by atoms with E-state index in [1.807, 2.05) is 25.1 Å². The average Bonchev–Trinajstić information content (AvgIpc) is 3.10. The third kappa shape index (κ3) is 2.71. The quantitative estimate of drug-likeness (QED) is 0.683. The van der Waals surface area contributed by atoms with Crippen molar-refractivity contribution in [3.05, 3.63) is 41.7 Å². The number of carbonyl (C=O) groups excluding carboxylic acids is 1. The lowest BCUT2D eigenvalue weighted by molar-refractivity contribution is -0.144. The van der Waals surface area contributed by atoms with E-state index in [0.29, 0.717) is 11.5 Å². The van der Waals surface area contributed by atoms with Crippen LogP contribution >= 0.6 is 11.3 Å². The molecule has 0 amide bonds. The number of carbonyl (C=O) groups is 1. The van der Waals surface area contributed by atoms with Gasteiger partial charge in [-0.1, -0.05) is 6.07 Å². The van der Waals surface area contributed by atoms with Gasteiger partial charge in [-0.15, -0.1) is 11.3 Å². The monoisotopic (exact) mass is 312 g/mol. The fourth-order valence-corrected chi connectivity index (χ4v) is 3.09. The molecule has 0 bridgehead atoms. The number of furan rings is 1. The van der Waals surface area contributed by atoms with E-state index in [-0.39, 0.29) is 0 Å². The lowest BCUT2D eigenvalue weighted by Gasteiger charge is -2.05. The zero-order valence-electron chi connectivity index (χ0n) is 12.0. The van der Waals surface area contributed by atoms with Crippen LogP contribution in [0.2, 0.25) is 0 Å². The van der Waals surface area contributed by atoms with Gasteiger partial charge in [-0.2, -0.15) is 5.26 Å². The van der Waals surface area contributed by atoms with Gasteiger partial charge in [0.1, 0.15) is 6.07 Å². The summed E-state index contributed by atoms with van der Waals surface area (Å²) in [5, 5.41) is 9.78. The molecule has 2 aromatic heterocycles. The molecule has 0 N–H and O–H groups in total. The van der Waals surface area contributed by atoms with Crippen LogP contribution in [0.15, 0.2) is 34.7 Å². The van der Waals surface area contributed by atoms with Gasteiger partial charge in [-0.3, -0.25) is 4.79 Å². The number of thiazole rings is 1. The zero-order chi connectivity index (χ0) is 15.7. The Kier molecular flexibility index (Phi) is 3.65. The zero-order valence-corrected chi connectivity index (χ0v) is 12.8. The molecule has 3 rings (SSSR count). The van der Waals surface area contributed by atoms with E-state index in [9.17, 15) is 4.79 Å². The van der Waals surface area contributed by atoms with Gasteiger partial charge < -0.3 is 9.15 Å². The number of aryl methyl sites for hydroxylation is 1. The van der Waals surface area contributed by atoms with Crippen molar-refractivity contribution in [3.63, 3.8) is 0 Å². The minimum absolute atomic E-state index is 0.295. The Morgan fingerprint density at radius 3 is 2.95 bits per heavy atom. The number of fused-ring (bicyclic) bond motifs is 1. The molecule has 0 unspecified atom stereocenters. The summed E-state index contributed by atoms with van der Waals surface area (Å²) in [6.45, 7) is 3.28. The maximum absolute atomic E-state index is 11.0. The van der Waals surface area contributed by atoms with E-state index >= 15 is 0 Å². The van der Waals surface area contributed by atoms with Crippen molar-refractivity contribution in [2.45, 2.75) is 20.0 Å². The number of aromatic nitrogens is 1. The van der Waals surface area contributed by atoms with E-state index in [1.54, 1.807) is 12.1 Å². The molecule has 110 valence electrons. The van der Waals surface area contributed by atoms with E-state index in [2.05, 4.69) is 11.1 Å². The number of hydrogen-bond acceptors (Lipinski definition) is 6. The minimum atomic E-state index is -1.04. The van der Waals surface area contributed by atoms with Gasteiger partial charge in [0.05, 0.1) is 10.2 Å². The molecule has 0 aliphatic heterocycles. The van der Waals surface area contributed by atoms with E-state index in [4.69, 9.17) is 14.4 Å². The number of benzene rings is 1. The van der Waals surface area contributed by atoms with Crippen LogP contribution in [0.4, 0.5) is 0 Å². The van der Waals surface area contributed by atoms with Gasteiger partial charge in [0.15, 0.2) is 16.5 Å². The Morgan fingerprint density at radius 1 is 1.41 bits per heavy atom. The second-order valence-electron chi connectivity index (χ2n) is 4.81. The SMILES string of the molecule is CC(=O)O[C@H](C#N)c1ccc(-c2nc3ccc(C)cc3s2)o1. The number of esters is 1. The molecule has 1 aromatic carbocycles. The molecule has 0 saturated carbocycles. The Labute approximate surface area is 130 Å². The summed E-state index contributed by atoms with van der Waals surface area (Å²) in [5.74, 6) is 0.323. The van der Waals surface area contributed by atoms with Crippen molar-refractivity contribution in [2.24, 2.45) is 0 Å².